The minimum atomic E-state index is -3.55. The predicted molar refractivity (Wildman–Crippen MR) is 102 cm³/mol. The first-order valence-corrected chi connectivity index (χ1v) is 10.5. The van der Waals surface area contributed by atoms with E-state index in [2.05, 4.69) is 4.72 Å². The third kappa shape index (κ3) is 4.77. The number of likely N-dealkylation sites (tertiary alicyclic amines) is 1. The molecular weight excluding hydrogens is 366 g/mol. The lowest BCUT2D eigenvalue weighted by molar-refractivity contribution is 0.0675. The van der Waals surface area contributed by atoms with Crippen molar-refractivity contribution in [1.82, 2.24) is 9.62 Å². The van der Waals surface area contributed by atoms with Crippen LogP contribution in [-0.4, -0.2) is 38.9 Å². The van der Waals surface area contributed by atoms with Gasteiger partial charge in [0, 0.05) is 19.6 Å². The van der Waals surface area contributed by atoms with Crippen molar-refractivity contribution in [2.75, 3.05) is 19.6 Å². The van der Waals surface area contributed by atoms with Crippen molar-refractivity contribution in [3.63, 3.8) is 0 Å². The van der Waals surface area contributed by atoms with Crippen molar-refractivity contribution in [3.05, 3.63) is 53.5 Å². The third-order valence-electron chi connectivity index (χ3n) is 4.80. The summed E-state index contributed by atoms with van der Waals surface area (Å²) in [6, 6.07) is 8.41. The number of amides is 1. The van der Waals surface area contributed by atoms with E-state index in [0.29, 0.717) is 31.0 Å². The maximum absolute atomic E-state index is 12.6. The Morgan fingerprint density at radius 3 is 2.74 bits per heavy atom. The topological polar surface area (TPSA) is 106 Å². The molecule has 0 aliphatic carbocycles. The molecule has 1 atom stereocenters. The molecule has 0 saturated carbocycles. The molecule has 1 aromatic carbocycles. The van der Waals surface area contributed by atoms with Crippen LogP contribution < -0.4 is 10.5 Å². The first-order valence-electron chi connectivity index (χ1n) is 9.02. The molecule has 3 rings (SSSR count). The average molecular weight is 391 g/mol. The molecule has 0 spiro atoms. The second kappa shape index (κ2) is 8.24. The van der Waals surface area contributed by atoms with E-state index in [9.17, 15) is 13.2 Å². The van der Waals surface area contributed by atoms with Crippen molar-refractivity contribution in [1.29, 1.82) is 0 Å². The van der Waals surface area contributed by atoms with Crippen LogP contribution in [0.4, 0.5) is 0 Å². The molecule has 1 unspecified atom stereocenters. The van der Waals surface area contributed by atoms with Crippen LogP contribution in [0.3, 0.4) is 0 Å². The van der Waals surface area contributed by atoms with Crippen LogP contribution in [0, 0.1) is 12.8 Å². The summed E-state index contributed by atoms with van der Waals surface area (Å²) in [6.45, 7) is 3.63. The zero-order valence-corrected chi connectivity index (χ0v) is 16.2. The number of carbonyl (C=O) groups excluding carboxylic acids is 1. The molecule has 1 aliphatic rings. The fourth-order valence-corrected chi connectivity index (χ4v) is 4.34. The van der Waals surface area contributed by atoms with E-state index in [4.69, 9.17) is 10.2 Å². The van der Waals surface area contributed by atoms with Crippen LogP contribution in [0.1, 0.15) is 34.5 Å². The molecule has 0 bridgehead atoms. The lowest BCUT2D eigenvalue weighted by Gasteiger charge is -2.32. The number of aryl methyl sites for hydroxylation is 1. The molecular formula is C19H25N3O4S. The average Bonchev–Trinajstić information content (AvgIpc) is 3.16. The summed E-state index contributed by atoms with van der Waals surface area (Å²) < 4.78 is 32.8. The Hall–Kier alpha value is -2.16. The van der Waals surface area contributed by atoms with Gasteiger partial charge in [0.1, 0.15) is 12.0 Å². The van der Waals surface area contributed by atoms with Crippen molar-refractivity contribution in [2.45, 2.75) is 31.2 Å². The van der Waals surface area contributed by atoms with Crippen molar-refractivity contribution >= 4 is 15.9 Å². The number of nitrogens with zero attached hydrogens (tertiary/aromatic N) is 1. The van der Waals surface area contributed by atoms with Gasteiger partial charge in [0.05, 0.1) is 17.0 Å². The molecule has 3 N–H and O–H groups in total. The minimum absolute atomic E-state index is 0.0730. The van der Waals surface area contributed by atoms with Crippen LogP contribution in [0.2, 0.25) is 0 Å². The fraction of sp³-hybridized carbons (Fsp3) is 0.421. The summed E-state index contributed by atoms with van der Waals surface area (Å²) in [7, 11) is -3.55. The predicted octanol–water partition coefficient (Wildman–Crippen LogP) is 1.88. The molecule has 1 fully saturated rings. The van der Waals surface area contributed by atoms with Crippen LogP contribution >= 0.6 is 0 Å². The summed E-state index contributed by atoms with van der Waals surface area (Å²) in [4.78, 5) is 14.6. The van der Waals surface area contributed by atoms with E-state index in [1.807, 2.05) is 6.92 Å². The molecule has 8 heteroatoms. The number of sulfonamides is 1. The largest absolute Gasteiger partial charge is 0.467 e. The Morgan fingerprint density at radius 2 is 2.07 bits per heavy atom. The molecule has 146 valence electrons. The van der Waals surface area contributed by atoms with E-state index >= 15 is 0 Å². The number of hydrogen-bond donors (Lipinski definition) is 2. The first-order chi connectivity index (χ1) is 12.9. The van der Waals surface area contributed by atoms with E-state index in [0.717, 1.165) is 18.4 Å². The van der Waals surface area contributed by atoms with Crippen molar-refractivity contribution in [2.24, 2.45) is 11.7 Å². The summed E-state index contributed by atoms with van der Waals surface area (Å²) in [5, 5.41) is 0. The fourth-order valence-electron chi connectivity index (χ4n) is 3.23. The highest BCUT2D eigenvalue weighted by atomic mass is 32.2. The summed E-state index contributed by atoms with van der Waals surface area (Å²) in [5.74, 6) is 0.533. The molecule has 1 aromatic heterocycles. The number of rotatable bonds is 6. The van der Waals surface area contributed by atoms with Gasteiger partial charge in [-0.15, -0.1) is 0 Å². The standard InChI is InChI=1S/C19H25N3O4S/c1-14-4-6-18(7-5-14)27(24,25)21-11-15-3-2-8-22(12-15)19(23)16-9-17(10-20)26-13-16/h4-7,9,13,15,21H,2-3,8,10-12,20H2,1H3. The number of furan rings is 1. The number of hydrogen-bond acceptors (Lipinski definition) is 5. The highest BCUT2D eigenvalue weighted by Gasteiger charge is 2.26. The molecule has 27 heavy (non-hydrogen) atoms. The monoisotopic (exact) mass is 391 g/mol. The number of nitrogens with two attached hydrogens (primary N) is 1. The van der Waals surface area contributed by atoms with Gasteiger partial charge < -0.3 is 15.1 Å². The maximum atomic E-state index is 12.6. The van der Waals surface area contributed by atoms with Gasteiger partial charge in [-0.1, -0.05) is 17.7 Å². The molecule has 7 nitrogen and oxygen atoms in total. The highest BCUT2D eigenvalue weighted by molar-refractivity contribution is 7.89. The number of nitrogens with one attached hydrogen (secondary N) is 1. The SMILES string of the molecule is Cc1ccc(S(=O)(=O)NCC2CCCN(C(=O)c3coc(CN)c3)C2)cc1. The smallest absolute Gasteiger partial charge is 0.257 e. The van der Waals surface area contributed by atoms with Gasteiger partial charge in [0.25, 0.3) is 5.91 Å². The third-order valence-corrected chi connectivity index (χ3v) is 6.24. The van der Waals surface area contributed by atoms with Crippen LogP contribution in [-0.2, 0) is 16.6 Å². The van der Waals surface area contributed by atoms with E-state index < -0.39 is 10.0 Å². The molecule has 2 heterocycles. The van der Waals surface area contributed by atoms with Gasteiger partial charge in [0.15, 0.2) is 0 Å². The number of benzene rings is 1. The quantitative estimate of drug-likeness (QED) is 0.782. The molecule has 1 amide bonds. The molecule has 1 saturated heterocycles. The lowest BCUT2D eigenvalue weighted by Crippen LogP contribution is -2.43. The zero-order valence-electron chi connectivity index (χ0n) is 15.3. The Labute approximate surface area is 159 Å². The Bertz CT molecular complexity index is 890. The first kappa shape index (κ1) is 19.6. The van der Waals surface area contributed by atoms with Gasteiger partial charge in [-0.25, -0.2) is 13.1 Å². The second-order valence-electron chi connectivity index (χ2n) is 6.93. The maximum Gasteiger partial charge on any atom is 0.257 e. The molecule has 0 radical (unpaired) electrons. The summed E-state index contributed by atoms with van der Waals surface area (Å²) in [6.07, 6.45) is 3.14. The van der Waals surface area contributed by atoms with Crippen LogP contribution in [0.5, 0.6) is 0 Å². The summed E-state index contributed by atoms with van der Waals surface area (Å²) in [5.41, 5.74) is 7.01. The Morgan fingerprint density at radius 1 is 1.33 bits per heavy atom. The number of carbonyl (C=O) groups is 1. The summed E-state index contributed by atoms with van der Waals surface area (Å²) >= 11 is 0. The van der Waals surface area contributed by atoms with Crippen LogP contribution in [0.15, 0.2) is 45.9 Å². The van der Waals surface area contributed by atoms with E-state index in [1.54, 1.807) is 35.2 Å². The van der Waals surface area contributed by atoms with E-state index in [1.165, 1.54) is 6.26 Å². The van der Waals surface area contributed by atoms with Crippen molar-refractivity contribution < 1.29 is 17.6 Å². The molecule has 2 aromatic rings. The zero-order chi connectivity index (χ0) is 19.4. The number of piperidine rings is 1. The minimum Gasteiger partial charge on any atom is -0.467 e. The van der Waals surface area contributed by atoms with Crippen molar-refractivity contribution in [3.8, 4) is 0 Å². The normalized spacial score (nSPS) is 17.9. The second-order valence-corrected chi connectivity index (χ2v) is 8.70. The van der Waals surface area contributed by atoms with Gasteiger partial charge >= 0.3 is 0 Å². The van der Waals surface area contributed by atoms with E-state index in [-0.39, 0.29) is 23.3 Å². The lowest BCUT2D eigenvalue weighted by atomic mass is 9.98. The van der Waals surface area contributed by atoms with Gasteiger partial charge in [-0.3, -0.25) is 4.79 Å². The van der Waals surface area contributed by atoms with Gasteiger partial charge in [-0.05, 0) is 43.9 Å². The van der Waals surface area contributed by atoms with Gasteiger partial charge in [-0.2, -0.15) is 0 Å². The Kier molecular flexibility index (Phi) is 5.98. The Balaban J connectivity index is 1.59. The van der Waals surface area contributed by atoms with Crippen LogP contribution in [0.25, 0.3) is 0 Å². The van der Waals surface area contributed by atoms with Gasteiger partial charge in [0.2, 0.25) is 10.0 Å². The highest BCUT2D eigenvalue weighted by Crippen LogP contribution is 2.20. The molecule has 1 aliphatic heterocycles.